The zero-order valence-electron chi connectivity index (χ0n) is 13.8. The monoisotopic (exact) mass is 379 g/mol. The molecule has 1 aromatic rings. The number of fused-ring (bicyclic) bond motifs is 2. The topological polar surface area (TPSA) is 53.1 Å². The summed E-state index contributed by atoms with van der Waals surface area (Å²) in [4.78, 5) is 34.8. The quantitative estimate of drug-likeness (QED) is 0.815. The molecule has 0 N–H and O–H groups in total. The Morgan fingerprint density at radius 2 is 2.08 bits per heavy atom. The van der Waals surface area contributed by atoms with Gasteiger partial charge in [0.2, 0.25) is 5.91 Å². The van der Waals surface area contributed by atoms with Crippen LogP contribution in [-0.4, -0.2) is 62.4 Å². The third-order valence-corrected chi connectivity index (χ3v) is 6.67. The summed E-state index contributed by atoms with van der Waals surface area (Å²) in [7, 11) is 0. The molecule has 25 heavy (non-hydrogen) atoms. The molecule has 2 bridgehead atoms. The maximum Gasteiger partial charge on any atom is 0.345 e. The van der Waals surface area contributed by atoms with E-state index in [1.807, 2.05) is 30.3 Å². The van der Waals surface area contributed by atoms with Crippen LogP contribution < -0.4 is 0 Å². The van der Waals surface area contributed by atoms with Gasteiger partial charge in [0.1, 0.15) is 17.4 Å². The van der Waals surface area contributed by atoms with Gasteiger partial charge in [-0.3, -0.25) is 9.63 Å². The molecule has 134 valence electrons. The van der Waals surface area contributed by atoms with Crippen LogP contribution in [0.2, 0.25) is 0 Å². The van der Waals surface area contributed by atoms with Gasteiger partial charge < -0.3 is 9.80 Å². The van der Waals surface area contributed by atoms with Gasteiger partial charge in [-0.2, -0.15) is 5.06 Å². The fourth-order valence-corrected chi connectivity index (χ4v) is 5.09. The molecule has 0 aliphatic carbocycles. The summed E-state index contributed by atoms with van der Waals surface area (Å²) < 4.78 is -0.103. The smallest absolute Gasteiger partial charge is 0.319 e. The summed E-state index contributed by atoms with van der Waals surface area (Å²) in [6, 6.07) is 9.23. The van der Waals surface area contributed by atoms with Crippen molar-refractivity contribution in [3.8, 4) is 0 Å². The Bertz CT molecular complexity index is 660. The summed E-state index contributed by atoms with van der Waals surface area (Å²) in [5.74, 6) is 0.914. The number of thioether (sulfide) groups is 1. The minimum Gasteiger partial charge on any atom is -0.319 e. The molecule has 8 heteroatoms. The Balaban J connectivity index is 1.42. The van der Waals surface area contributed by atoms with E-state index in [2.05, 4.69) is 12.6 Å². The first-order chi connectivity index (χ1) is 12.1. The summed E-state index contributed by atoms with van der Waals surface area (Å²) in [6.07, 6.45) is 1.47. The Hall–Kier alpha value is -1.38. The second-order valence-electron chi connectivity index (χ2n) is 6.50. The summed E-state index contributed by atoms with van der Waals surface area (Å²) in [6.45, 7) is 1.62. The Morgan fingerprint density at radius 3 is 2.80 bits per heavy atom. The van der Waals surface area contributed by atoms with Crippen LogP contribution in [0.1, 0.15) is 18.4 Å². The predicted molar refractivity (Wildman–Crippen MR) is 98.9 cm³/mol. The van der Waals surface area contributed by atoms with Gasteiger partial charge in [-0.05, 0) is 18.4 Å². The van der Waals surface area contributed by atoms with Gasteiger partial charge in [0.05, 0.1) is 6.04 Å². The fraction of sp³-hybridized carbons (Fsp3) is 0.529. The van der Waals surface area contributed by atoms with E-state index in [0.717, 1.165) is 17.7 Å². The maximum atomic E-state index is 12.8. The number of carbonyl (C=O) groups excluding carboxylic acids is 2. The van der Waals surface area contributed by atoms with Crippen LogP contribution in [0.25, 0.3) is 0 Å². The van der Waals surface area contributed by atoms with Crippen molar-refractivity contribution in [3.63, 3.8) is 0 Å². The number of urea groups is 1. The van der Waals surface area contributed by atoms with Crippen molar-refractivity contribution in [2.24, 2.45) is 0 Å². The first kappa shape index (κ1) is 17.1. The molecule has 3 saturated heterocycles. The zero-order valence-corrected chi connectivity index (χ0v) is 15.5. The molecule has 3 aliphatic rings. The first-order valence-corrected chi connectivity index (χ1v) is 10.1. The van der Waals surface area contributed by atoms with Crippen molar-refractivity contribution in [2.45, 2.75) is 36.2 Å². The SMILES string of the molecule is O=C([C@@H]1CC[C@@H]2CN1C(=O)N2OCc1ccccc1)N1CCSC1S. The lowest BCUT2D eigenvalue weighted by Crippen LogP contribution is -2.51. The van der Waals surface area contributed by atoms with E-state index in [-0.39, 0.29) is 28.7 Å². The molecular weight excluding hydrogens is 358 g/mol. The molecule has 3 amide bonds. The average Bonchev–Trinajstić information content (AvgIpc) is 3.16. The van der Waals surface area contributed by atoms with Gasteiger partial charge in [0.25, 0.3) is 0 Å². The molecule has 0 saturated carbocycles. The molecule has 4 rings (SSSR count). The summed E-state index contributed by atoms with van der Waals surface area (Å²) >= 11 is 6.11. The Labute approximate surface area is 156 Å². The first-order valence-electron chi connectivity index (χ1n) is 8.52. The lowest BCUT2D eigenvalue weighted by molar-refractivity contribution is -0.140. The van der Waals surface area contributed by atoms with Crippen LogP contribution >= 0.6 is 24.4 Å². The van der Waals surface area contributed by atoms with Gasteiger partial charge >= 0.3 is 6.03 Å². The molecule has 0 radical (unpaired) electrons. The highest BCUT2D eigenvalue weighted by Crippen LogP contribution is 2.34. The van der Waals surface area contributed by atoms with E-state index in [1.165, 1.54) is 5.06 Å². The number of rotatable bonds is 4. The molecule has 0 aromatic heterocycles. The number of piperidine rings is 1. The van der Waals surface area contributed by atoms with Gasteiger partial charge in [-0.25, -0.2) is 4.79 Å². The molecule has 3 heterocycles. The standard InChI is InChI=1S/C17H21N3O3S2/c21-15(18-8-9-25-17(18)24)14-7-6-13-10-19(14)16(22)20(13)23-11-12-4-2-1-3-5-12/h1-5,13-14,17,24H,6-11H2/t13-,14+,17?/m1/s1. The average molecular weight is 380 g/mol. The highest BCUT2D eigenvalue weighted by atomic mass is 32.2. The molecule has 3 fully saturated rings. The minimum absolute atomic E-state index is 0.0155. The molecule has 1 aromatic carbocycles. The van der Waals surface area contributed by atoms with Crippen molar-refractivity contribution in [3.05, 3.63) is 35.9 Å². The lowest BCUT2D eigenvalue weighted by Gasteiger charge is -2.33. The number of hydroxylamine groups is 2. The normalized spacial score (nSPS) is 28.8. The van der Waals surface area contributed by atoms with E-state index in [0.29, 0.717) is 26.1 Å². The van der Waals surface area contributed by atoms with Crippen LogP contribution in [0.4, 0.5) is 4.79 Å². The number of nitrogens with zero attached hydrogens (tertiary/aromatic N) is 3. The fourth-order valence-electron chi connectivity index (χ4n) is 3.64. The highest BCUT2D eigenvalue weighted by Gasteiger charge is 2.49. The van der Waals surface area contributed by atoms with Crippen LogP contribution in [-0.2, 0) is 16.2 Å². The molecule has 6 nitrogen and oxygen atoms in total. The predicted octanol–water partition coefficient (Wildman–Crippen LogP) is 2.18. The molecule has 0 spiro atoms. The highest BCUT2D eigenvalue weighted by molar-refractivity contribution is 8.10. The zero-order chi connectivity index (χ0) is 17.4. The van der Waals surface area contributed by atoms with Crippen LogP contribution in [0.15, 0.2) is 30.3 Å². The number of benzene rings is 1. The molecule has 3 aliphatic heterocycles. The van der Waals surface area contributed by atoms with Crippen LogP contribution in [0.5, 0.6) is 0 Å². The Morgan fingerprint density at radius 1 is 1.28 bits per heavy atom. The van der Waals surface area contributed by atoms with Crippen LogP contribution in [0, 0.1) is 0 Å². The number of hydrogen-bond donors (Lipinski definition) is 1. The molecular formula is C17H21N3O3S2. The molecule has 1 unspecified atom stereocenters. The van der Waals surface area contributed by atoms with Crippen LogP contribution in [0.3, 0.4) is 0 Å². The largest absolute Gasteiger partial charge is 0.345 e. The Kier molecular flexibility index (Phi) is 4.84. The number of hydrogen-bond acceptors (Lipinski definition) is 5. The molecule has 3 atom stereocenters. The number of thiol groups is 1. The number of amides is 3. The van der Waals surface area contributed by atoms with Crippen molar-refractivity contribution in [1.29, 1.82) is 0 Å². The number of carbonyl (C=O) groups is 2. The van der Waals surface area contributed by atoms with Gasteiger partial charge in [-0.15, -0.1) is 24.4 Å². The second-order valence-corrected chi connectivity index (χ2v) is 8.52. The van der Waals surface area contributed by atoms with Crippen molar-refractivity contribution >= 4 is 36.3 Å². The van der Waals surface area contributed by atoms with Crippen molar-refractivity contribution in [2.75, 3.05) is 18.8 Å². The van der Waals surface area contributed by atoms with Gasteiger partial charge in [0, 0.05) is 18.8 Å². The lowest BCUT2D eigenvalue weighted by atomic mass is 10.00. The van der Waals surface area contributed by atoms with E-state index >= 15 is 0 Å². The maximum absolute atomic E-state index is 12.8. The third kappa shape index (κ3) is 3.22. The van der Waals surface area contributed by atoms with E-state index in [1.54, 1.807) is 21.6 Å². The van der Waals surface area contributed by atoms with E-state index in [9.17, 15) is 9.59 Å². The van der Waals surface area contributed by atoms with Crippen molar-refractivity contribution < 1.29 is 14.4 Å². The van der Waals surface area contributed by atoms with Crippen molar-refractivity contribution in [1.82, 2.24) is 14.9 Å². The van der Waals surface area contributed by atoms with E-state index in [4.69, 9.17) is 4.84 Å². The second kappa shape index (κ2) is 7.09. The van der Waals surface area contributed by atoms with Gasteiger partial charge in [-0.1, -0.05) is 30.3 Å². The minimum atomic E-state index is -0.387. The summed E-state index contributed by atoms with van der Waals surface area (Å²) in [5, 5.41) is 1.47. The van der Waals surface area contributed by atoms with E-state index < -0.39 is 0 Å². The van der Waals surface area contributed by atoms with Gasteiger partial charge in [0.15, 0.2) is 0 Å². The third-order valence-electron chi connectivity index (χ3n) is 4.97. The summed E-state index contributed by atoms with van der Waals surface area (Å²) in [5.41, 5.74) is 1.02.